The van der Waals surface area contributed by atoms with Crippen molar-refractivity contribution in [1.29, 1.82) is 0 Å². The van der Waals surface area contributed by atoms with E-state index in [4.69, 9.17) is 10.5 Å². The molecule has 110 valence electrons. The highest BCUT2D eigenvalue weighted by molar-refractivity contribution is 5.85. The lowest BCUT2D eigenvalue weighted by molar-refractivity contribution is -0.126. The number of carbonyl (C=O) groups is 1. The molecule has 0 heterocycles. The number of rotatable bonds is 6. The summed E-state index contributed by atoms with van der Waals surface area (Å²) in [7, 11) is 1.78. The largest absolute Gasteiger partial charge is 0.491 e. The number of hydrogen-bond acceptors (Lipinski definition) is 3. The molecule has 0 radical (unpaired) electrons. The van der Waals surface area contributed by atoms with E-state index in [0.717, 1.165) is 29.7 Å². The van der Waals surface area contributed by atoms with Gasteiger partial charge in [0.05, 0.1) is 0 Å². The first-order valence-corrected chi connectivity index (χ1v) is 7.11. The maximum absolute atomic E-state index is 11.9. The van der Waals surface area contributed by atoms with Crippen molar-refractivity contribution >= 4 is 5.91 Å². The van der Waals surface area contributed by atoms with Gasteiger partial charge in [0, 0.05) is 0 Å². The van der Waals surface area contributed by atoms with Crippen molar-refractivity contribution in [2.45, 2.75) is 39.2 Å². The molecule has 1 fully saturated rings. The summed E-state index contributed by atoms with van der Waals surface area (Å²) < 4.78 is 6.00. The Labute approximate surface area is 120 Å². The number of hydrogen-bond donors (Lipinski definition) is 2. The highest BCUT2D eigenvalue weighted by Gasteiger charge is 2.49. The van der Waals surface area contributed by atoms with Crippen molar-refractivity contribution < 1.29 is 9.53 Å². The number of ether oxygens (including phenoxy) is 1. The van der Waals surface area contributed by atoms with E-state index in [9.17, 15) is 4.79 Å². The smallest absolute Gasteiger partial charge is 0.241 e. The summed E-state index contributed by atoms with van der Waals surface area (Å²) in [6, 6.07) is 4.12. The molecule has 1 aromatic rings. The van der Waals surface area contributed by atoms with Crippen LogP contribution in [0.3, 0.4) is 0 Å². The van der Waals surface area contributed by atoms with Gasteiger partial charge in [-0.3, -0.25) is 4.79 Å². The summed E-state index contributed by atoms with van der Waals surface area (Å²) in [4.78, 5) is 11.9. The minimum atomic E-state index is -0.747. The van der Waals surface area contributed by atoms with Gasteiger partial charge in [0.15, 0.2) is 0 Å². The molecule has 1 aliphatic carbocycles. The van der Waals surface area contributed by atoms with E-state index in [0.29, 0.717) is 0 Å². The van der Waals surface area contributed by atoms with E-state index in [1.807, 2.05) is 19.9 Å². The molecule has 2 rings (SSSR count). The average Bonchev–Trinajstić information content (AvgIpc) is 3.23. The quantitative estimate of drug-likeness (QED) is 0.833. The molecule has 4 nitrogen and oxygen atoms in total. The predicted molar refractivity (Wildman–Crippen MR) is 79.9 cm³/mol. The summed E-state index contributed by atoms with van der Waals surface area (Å²) >= 11 is 0. The Morgan fingerprint density at radius 1 is 1.35 bits per heavy atom. The third kappa shape index (κ3) is 2.52. The normalized spacial score (nSPS) is 17.6. The lowest BCUT2D eigenvalue weighted by Crippen LogP contribution is -2.59. The van der Waals surface area contributed by atoms with Crippen LogP contribution in [0.4, 0.5) is 0 Å². The number of primary amides is 1. The summed E-state index contributed by atoms with van der Waals surface area (Å²) in [6.45, 7) is 6.40. The zero-order valence-corrected chi connectivity index (χ0v) is 12.7. The van der Waals surface area contributed by atoms with Crippen molar-refractivity contribution in [3.63, 3.8) is 0 Å². The van der Waals surface area contributed by atoms with Crippen LogP contribution in [0.2, 0.25) is 0 Å². The van der Waals surface area contributed by atoms with Gasteiger partial charge in [0.25, 0.3) is 0 Å². The number of likely N-dealkylation sites (N-methyl/N-ethyl adjacent to an activating group) is 1. The number of nitrogens with two attached hydrogens (primary N) is 1. The molecule has 1 aromatic carbocycles. The van der Waals surface area contributed by atoms with Gasteiger partial charge < -0.3 is 15.8 Å². The maximum Gasteiger partial charge on any atom is 0.241 e. The van der Waals surface area contributed by atoms with Crippen molar-refractivity contribution in [2.75, 3.05) is 13.7 Å². The Hall–Kier alpha value is -1.55. The van der Waals surface area contributed by atoms with E-state index in [-0.39, 0.29) is 18.4 Å². The number of benzene rings is 1. The van der Waals surface area contributed by atoms with Crippen LogP contribution in [0.5, 0.6) is 5.75 Å². The number of nitrogens with one attached hydrogen (secondary N) is 1. The van der Waals surface area contributed by atoms with Crippen molar-refractivity contribution in [1.82, 2.24) is 5.32 Å². The van der Waals surface area contributed by atoms with E-state index in [1.54, 1.807) is 7.05 Å². The lowest BCUT2D eigenvalue weighted by atomic mass is 9.93. The van der Waals surface area contributed by atoms with Gasteiger partial charge in [0.1, 0.15) is 17.9 Å². The molecule has 1 atom stereocenters. The number of aryl methyl sites for hydroxylation is 2. The van der Waals surface area contributed by atoms with Crippen molar-refractivity contribution in [2.24, 2.45) is 11.7 Å². The minimum absolute atomic E-state index is 0.286. The van der Waals surface area contributed by atoms with Gasteiger partial charge in [-0.2, -0.15) is 0 Å². The Morgan fingerprint density at radius 3 is 2.45 bits per heavy atom. The maximum atomic E-state index is 11.9. The fraction of sp³-hybridized carbons (Fsp3) is 0.562. The molecule has 0 saturated heterocycles. The van der Waals surface area contributed by atoms with Gasteiger partial charge >= 0.3 is 0 Å². The zero-order valence-electron chi connectivity index (χ0n) is 12.7. The van der Waals surface area contributed by atoms with Crippen LogP contribution in [0.15, 0.2) is 12.1 Å². The topological polar surface area (TPSA) is 64.3 Å². The SMILES string of the molecule is CNC(COc1c(C)ccc(C)c1C)(C(N)=O)C1CC1. The van der Waals surface area contributed by atoms with Crippen LogP contribution in [-0.4, -0.2) is 25.1 Å². The molecule has 0 spiro atoms. The third-order valence-corrected chi connectivity index (χ3v) is 4.48. The predicted octanol–water partition coefficient (Wildman–Crippen LogP) is 1.84. The highest BCUT2D eigenvalue weighted by atomic mass is 16.5. The monoisotopic (exact) mass is 276 g/mol. The van der Waals surface area contributed by atoms with E-state index in [2.05, 4.69) is 18.3 Å². The fourth-order valence-electron chi connectivity index (χ4n) is 2.70. The van der Waals surface area contributed by atoms with E-state index >= 15 is 0 Å². The molecule has 0 aromatic heterocycles. The van der Waals surface area contributed by atoms with Crippen LogP contribution in [0.1, 0.15) is 29.5 Å². The Balaban J connectivity index is 2.22. The minimum Gasteiger partial charge on any atom is -0.491 e. The average molecular weight is 276 g/mol. The molecular formula is C16H24N2O2. The van der Waals surface area contributed by atoms with Crippen LogP contribution in [0, 0.1) is 26.7 Å². The van der Waals surface area contributed by atoms with Crippen molar-refractivity contribution in [3.8, 4) is 5.75 Å². The number of amides is 1. The van der Waals surface area contributed by atoms with Crippen molar-refractivity contribution in [3.05, 3.63) is 28.8 Å². The molecule has 0 aliphatic heterocycles. The first kappa shape index (κ1) is 14.9. The number of carbonyl (C=O) groups excluding carboxylic acids is 1. The van der Waals surface area contributed by atoms with Gasteiger partial charge in [-0.1, -0.05) is 12.1 Å². The molecule has 4 heteroatoms. The van der Waals surface area contributed by atoms with Gasteiger partial charge in [-0.25, -0.2) is 0 Å². The van der Waals surface area contributed by atoms with Crippen LogP contribution in [-0.2, 0) is 4.79 Å². The van der Waals surface area contributed by atoms with Crippen LogP contribution >= 0.6 is 0 Å². The van der Waals surface area contributed by atoms with E-state index < -0.39 is 5.54 Å². The van der Waals surface area contributed by atoms with Crippen LogP contribution < -0.4 is 15.8 Å². The molecule has 1 unspecified atom stereocenters. The molecule has 1 amide bonds. The summed E-state index contributed by atoms with van der Waals surface area (Å²) in [5.74, 6) is 0.826. The second-order valence-corrected chi connectivity index (χ2v) is 5.80. The summed E-state index contributed by atoms with van der Waals surface area (Å²) in [6.07, 6.45) is 2.05. The molecule has 1 aliphatic rings. The van der Waals surface area contributed by atoms with Gasteiger partial charge in [-0.15, -0.1) is 0 Å². The fourth-order valence-corrected chi connectivity index (χ4v) is 2.70. The summed E-state index contributed by atoms with van der Waals surface area (Å²) in [5.41, 5.74) is 8.25. The molecular weight excluding hydrogens is 252 g/mol. The molecule has 0 bridgehead atoms. The standard InChI is InChI=1S/C16H24N2O2/c1-10-5-6-11(2)14(12(10)3)20-9-16(18-4,15(17)19)13-7-8-13/h5-6,13,18H,7-9H2,1-4H3,(H2,17,19). The third-order valence-electron chi connectivity index (χ3n) is 4.48. The summed E-state index contributed by atoms with van der Waals surface area (Å²) in [5, 5.41) is 3.10. The second kappa shape index (κ2) is 5.44. The van der Waals surface area contributed by atoms with Gasteiger partial charge in [-0.05, 0) is 63.3 Å². The molecule has 20 heavy (non-hydrogen) atoms. The Morgan fingerprint density at radius 2 is 1.95 bits per heavy atom. The zero-order chi connectivity index (χ0) is 14.9. The Bertz CT molecular complexity index is 523. The van der Waals surface area contributed by atoms with Crippen LogP contribution in [0.25, 0.3) is 0 Å². The van der Waals surface area contributed by atoms with Gasteiger partial charge in [0.2, 0.25) is 5.91 Å². The first-order valence-electron chi connectivity index (χ1n) is 7.11. The first-order chi connectivity index (χ1) is 9.42. The molecule has 3 N–H and O–H groups in total. The Kier molecular flexibility index (Phi) is 4.04. The second-order valence-electron chi connectivity index (χ2n) is 5.80. The van der Waals surface area contributed by atoms with E-state index in [1.165, 1.54) is 5.56 Å². The lowest BCUT2D eigenvalue weighted by Gasteiger charge is -2.31. The highest BCUT2D eigenvalue weighted by Crippen LogP contribution is 2.40. The molecule has 1 saturated carbocycles.